The molecule has 0 amide bonds. The monoisotopic (exact) mass is 426 g/mol. The zero-order chi connectivity index (χ0) is 20.9. The molecule has 29 heavy (non-hydrogen) atoms. The molecule has 1 aromatic carbocycles. The number of hydrogen-bond donors (Lipinski definition) is 1. The minimum absolute atomic E-state index is 0.0532. The molecule has 0 spiro atoms. The van der Waals surface area contributed by atoms with Gasteiger partial charge in [0, 0.05) is 6.20 Å². The highest BCUT2D eigenvalue weighted by molar-refractivity contribution is 7.80. The van der Waals surface area contributed by atoms with E-state index in [1.807, 2.05) is 24.3 Å². The molecular formula is C18H17F3N4O3S. The third-order valence-electron chi connectivity index (χ3n) is 3.84. The Kier molecular flexibility index (Phi) is 6.37. The van der Waals surface area contributed by atoms with E-state index in [1.54, 1.807) is 7.11 Å². The standard InChI is InChI=1S/C18H17F3N4O3S/c1-26-14-4-2-12(3-5-14)9-27-16-6-15(28-24-16)17(29)23-8-13-7-22-11-25(13)10-18(19,20)21/h2-7,11H,8-10H2,1H3,(H,23,29). The molecule has 0 aliphatic carbocycles. The maximum Gasteiger partial charge on any atom is 0.406 e. The molecule has 3 aromatic rings. The maximum atomic E-state index is 12.6. The lowest BCUT2D eigenvalue weighted by Gasteiger charge is -2.11. The summed E-state index contributed by atoms with van der Waals surface area (Å²) in [5, 5.41) is 6.61. The molecule has 2 aromatic heterocycles. The summed E-state index contributed by atoms with van der Waals surface area (Å²) in [6.07, 6.45) is -1.88. The third-order valence-corrected chi connectivity index (χ3v) is 4.18. The zero-order valence-electron chi connectivity index (χ0n) is 15.3. The fourth-order valence-corrected chi connectivity index (χ4v) is 2.57. The van der Waals surface area contributed by atoms with Gasteiger partial charge in [0.1, 0.15) is 23.9 Å². The quantitative estimate of drug-likeness (QED) is 0.553. The molecule has 0 aliphatic heterocycles. The van der Waals surface area contributed by atoms with Gasteiger partial charge in [-0.05, 0) is 22.9 Å². The number of benzene rings is 1. The minimum atomic E-state index is -4.34. The van der Waals surface area contributed by atoms with Crippen molar-refractivity contribution in [1.82, 2.24) is 20.0 Å². The van der Waals surface area contributed by atoms with Crippen molar-refractivity contribution in [3.63, 3.8) is 0 Å². The predicted molar refractivity (Wildman–Crippen MR) is 101 cm³/mol. The Hall–Kier alpha value is -3.08. The SMILES string of the molecule is COc1ccc(COc2cc(C(=S)NCc3cncn3CC(F)(F)F)on2)cc1. The summed E-state index contributed by atoms with van der Waals surface area (Å²) in [5.41, 5.74) is 1.24. The van der Waals surface area contributed by atoms with E-state index in [-0.39, 0.29) is 29.8 Å². The Morgan fingerprint density at radius 2 is 2.03 bits per heavy atom. The summed E-state index contributed by atoms with van der Waals surface area (Å²) in [5.74, 6) is 1.22. The lowest BCUT2D eigenvalue weighted by Crippen LogP contribution is -2.25. The summed E-state index contributed by atoms with van der Waals surface area (Å²) < 4.78 is 54.5. The van der Waals surface area contributed by atoms with E-state index < -0.39 is 12.7 Å². The Bertz CT molecular complexity index is 954. The third kappa shape index (κ3) is 5.95. The van der Waals surface area contributed by atoms with Crippen LogP contribution in [0.15, 0.2) is 47.4 Å². The van der Waals surface area contributed by atoms with E-state index in [2.05, 4.69) is 15.5 Å². The summed E-state index contributed by atoms with van der Waals surface area (Å²) in [6.45, 7) is -0.799. The van der Waals surface area contributed by atoms with E-state index in [4.69, 9.17) is 26.2 Å². The van der Waals surface area contributed by atoms with Crippen molar-refractivity contribution in [2.24, 2.45) is 0 Å². The average molecular weight is 426 g/mol. The topological polar surface area (TPSA) is 74.3 Å². The Labute approximate surface area is 169 Å². The first-order valence-electron chi connectivity index (χ1n) is 8.40. The number of nitrogens with zero attached hydrogens (tertiary/aromatic N) is 3. The van der Waals surface area contributed by atoms with Crippen LogP contribution in [0.4, 0.5) is 13.2 Å². The van der Waals surface area contributed by atoms with Gasteiger partial charge in [0.25, 0.3) is 5.88 Å². The van der Waals surface area contributed by atoms with Crippen molar-refractivity contribution < 1.29 is 27.2 Å². The van der Waals surface area contributed by atoms with Crippen LogP contribution in [0.2, 0.25) is 0 Å². The summed E-state index contributed by atoms with van der Waals surface area (Å²) in [7, 11) is 1.59. The zero-order valence-corrected chi connectivity index (χ0v) is 16.1. The van der Waals surface area contributed by atoms with Gasteiger partial charge in [-0.1, -0.05) is 24.4 Å². The molecule has 11 heteroatoms. The molecule has 0 fully saturated rings. The second-order valence-corrected chi connectivity index (χ2v) is 6.39. The van der Waals surface area contributed by atoms with Gasteiger partial charge in [-0.15, -0.1) is 0 Å². The number of alkyl halides is 3. The lowest BCUT2D eigenvalue weighted by molar-refractivity contribution is -0.141. The van der Waals surface area contributed by atoms with Crippen LogP contribution in [0.5, 0.6) is 11.6 Å². The van der Waals surface area contributed by atoms with Crippen molar-refractivity contribution in [1.29, 1.82) is 0 Å². The van der Waals surface area contributed by atoms with Crippen LogP contribution in [0, 0.1) is 0 Å². The van der Waals surface area contributed by atoms with E-state index >= 15 is 0 Å². The van der Waals surface area contributed by atoms with Crippen molar-refractivity contribution in [3.8, 4) is 11.6 Å². The summed E-state index contributed by atoms with van der Waals surface area (Å²) in [6, 6.07) is 8.85. The number of methoxy groups -OCH3 is 1. The number of rotatable bonds is 8. The van der Waals surface area contributed by atoms with Crippen LogP contribution >= 0.6 is 12.2 Å². The first kappa shape index (κ1) is 20.6. The van der Waals surface area contributed by atoms with Crippen molar-refractivity contribution in [3.05, 3.63) is 59.9 Å². The number of thiocarbonyl (C=S) groups is 1. The maximum absolute atomic E-state index is 12.6. The fraction of sp³-hybridized carbons (Fsp3) is 0.278. The Balaban J connectivity index is 1.52. The van der Waals surface area contributed by atoms with Crippen molar-refractivity contribution in [2.45, 2.75) is 25.9 Å². The normalized spacial score (nSPS) is 11.3. The second-order valence-electron chi connectivity index (χ2n) is 5.98. The average Bonchev–Trinajstić information content (AvgIpc) is 3.33. The predicted octanol–water partition coefficient (Wildman–Crippen LogP) is 3.49. The molecule has 0 saturated heterocycles. The van der Waals surface area contributed by atoms with Crippen molar-refractivity contribution >= 4 is 17.2 Å². The molecule has 1 N–H and O–H groups in total. The van der Waals surface area contributed by atoms with Crippen LogP contribution in [0.1, 0.15) is 17.0 Å². The lowest BCUT2D eigenvalue weighted by atomic mass is 10.2. The van der Waals surface area contributed by atoms with Gasteiger partial charge in [0.15, 0.2) is 5.76 Å². The highest BCUT2D eigenvalue weighted by Gasteiger charge is 2.28. The number of hydrogen-bond acceptors (Lipinski definition) is 6. The van der Waals surface area contributed by atoms with E-state index in [0.717, 1.165) is 22.2 Å². The molecule has 0 bridgehead atoms. The van der Waals surface area contributed by atoms with E-state index in [9.17, 15) is 13.2 Å². The minimum Gasteiger partial charge on any atom is -0.497 e. The Morgan fingerprint density at radius 1 is 1.28 bits per heavy atom. The summed E-state index contributed by atoms with van der Waals surface area (Å²) >= 11 is 5.20. The number of ether oxygens (including phenoxy) is 2. The molecule has 0 atom stereocenters. The highest BCUT2D eigenvalue weighted by atomic mass is 32.1. The molecule has 0 saturated carbocycles. The molecular weight excluding hydrogens is 409 g/mol. The number of aromatic nitrogens is 3. The van der Waals surface area contributed by atoms with Crippen molar-refractivity contribution in [2.75, 3.05) is 7.11 Å². The van der Waals surface area contributed by atoms with Gasteiger partial charge >= 0.3 is 6.18 Å². The van der Waals surface area contributed by atoms with Gasteiger partial charge in [0.2, 0.25) is 0 Å². The first-order chi connectivity index (χ1) is 13.8. The van der Waals surface area contributed by atoms with Gasteiger partial charge in [-0.2, -0.15) is 13.2 Å². The highest BCUT2D eigenvalue weighted by Crippen LogP contribution is 2.19. The first-order valence-corrected chi connectivity index (χ1v) is 8.81. The molecule has 3 rings (SSSR count). The van der Waals surface area contributed by atoms with Gasteiger partial charge in [-0.3, -0.25) is 0 Å². The molecule has 0 radical (unpaired) electrons. The van der Waals surface area contributed by atoms with E-state index in [0.29, 0.717) is 5.69 Å². The molecule has 0 aliphatic rings. The van der Waals surface area contributed by atoms with Crippen LogP contribution in [0.25, 0.3) is 0 Å². The molecule has 2 heterocycles. The van der Waals surface area contributed by atoms with Crippen LogP contribution in [-0.2, 0) is 19.7 Å². The molecule has 154 valence electrons. The van der Waals surface area contributed by atoms with E-state index in [1.165, 1.54) is 12.3 Å². The van der Waals surface area contributed by atoms with Gasteiger partial charge < -0.3 is 23.9 Å². The Morgan fingerprint density at radius 3 is 2.72 bits per heavy atom. The molecule has 7 nitrogen and oxygen atoms in total. The smallest absolute Gasteiger partial charge is 0.406 e. The number of halogens is 3. The molecule has 0 unspecified atom stereocenters. The van der Waals surface area contributed by atoms with Crippen LogP contribution in [-0.4, -0.2) is 33.0 Å². The number of nitrogens with one attached hydrogen (secondary N) is 1. The fourth-order valence-electron chi connectivity index (χ4n) is 2.40. The largest absolute Gasteiger partial charge is 0.497 e. The second kappa shape index (κ2) is 8.95. The number of imidazole rings is 1. The van der Waals surface area contributed by atoms with Gasteiger partial charge in [0.05, 0.1) is 31.7 Å². The van der Waals surface area contributed by atoms with Gasteiger partial charge in [-0.25, -0.2) is 4.98 Å². The van der Waals surface area contributed by atoms with Crippen LogP contribution < -0.4 is 14.8 Å². The van der Waals surface area contributed by atoms with Crippen LogP contribution in [0.3, 0.4) is 0 Å². The summed E-state index contributed by atoms with van der Waals surface area (Å²) in [4.78, 5) is 3.93.